The number of nitrogens with zero attached hydrogens (tertiary/aromatic N) is 2. The number of nitrogens with one attached hydrogen (secondary N) is 1. The van der Waals surface area contributed by atoms with E-state index in [-0.39, 0.29) is 17.4 Å². The van der Waals surface area contributed by atoms with Crippen LogP contribution >= 0.6 is 0 Å². The number of hydrogen-bond donors (Lipinski definition) is 1. The van der Waals surface area contributed by atoms with Crippen molar-refractivity contribution in [1.82, 2.24) is 15.2 Å². The number of amides is 1. The first-order valence-electron chi connectivity index (χ1n) is 8.57. The monoisotopic (exact) mass is 317 g/mol. The summed E-state index contributed by atoms with van der Waals surface area (Å²) >= 11 is 0. The van der Waals surface area contributed by atoms with Crippen LogP contribution in [0, 0.1) is 12.8 Å². The highest BCUT2D eigenvalue weighted by Gasteiger charge is 2.46. The van der Waals surface area contributed by atoms with E-state index in [4.69, 9.17) is 4.74 Å². The maximum atomic E-state index is 12.6. The van der Waals surface area contributed by atoms with E-state index >= 15 is 0 Å². The molecule has 1 amide bonds. The average molecular weight is 317 g/mol. The van der Waals surface area contributed by atoms with Crippen LogP contribution in [0.25, 0.3) is 0 Å². The van der Waals surface area contributed by atoms with Crippen molar-refractivity contribution in [2.24, 2.45) is 5.92 Å². The number of carbonyl (C=O) groups is 1. The molecule has 23 heavy (non-hydrogen) atoms. The van der Waals surface area contributed by atoms with E-state index in [0.29, 0.717) is 18.5 Å². The molecule has 1 N–H and O–H groups in total. The fraction of sp³-hybridized carbons (Fsp3) is 0.667. The third-order valence-corrected chi connectivity index (χ3v) is 5.26. The molecule has 2 heterocycles. The van der Waals surface area contributed by atoms with Crippen molar-refractivity contribution in [3.8, 4) is 5.88 Å². The number of pyridine rings is 1. The van der Waals surface area contributed by atoms with Crippen LogP contribution in [0.2, 0.25) is 0 Å². The van der Waals surface area contributed by atoms with Gasteiger partial charge < -0.3 is 15.0 Å². The largest absolute Gasteiger partial charge is 0.475 e. The Kier molecular flexibility index (Phi) is 4.57. The van der Waals surface area contributed by atoms with Crippen LogP contribution < -0.4 is 10.1 Å². The van der Waals surface area contributed by atoms with Crippen LogP contribution in [-0.2, 0) is 4.79 Å². The Bertz CT molecular complexity index is 571. The number of aromatic nitrogens is 1. The van der Waals surface area contributed by atoms with Gasteiger partial charge >= 0.3 is 0 Å². The fourth-order valence-corrected chi connectivity index (χ4v) is 3.40. The van der Waals surface area contributed by atoms with Crippen LogP contribution in [-0.4, -0.2) is 47.6 Å². The average Bonchev–Trinajstić information content (AvgIpc) is 3.16. The molecular formula is C18H27N3O2. The minimum absolute atomic E-state index is 0.0246. The quantitative estimate of drug-likeness (QED) is 0.873. The molecule has 5 heteroatoms. The molecule has 1 saturated heterocycles. The van der Waals surface area contributed by atoms with Crippen molar-refractivity contribution >= 4 is 5.91 Å². The lowest BCUT2D eigenvalue weighted by Crippen LogP contribution is -2.48. The molecule has 0 spiro atoms. The van der Waals surface area contributed by atoms with Gasteiger partial charge in [-0.25, -0.2) is 4.98 Å². The Morgan fingerprint density at radius 3 is 2.96 bits per heavy atom. The summed E-state index contributed by atoms with van der Waals surface area (Å²) in [5.74, 6) is 0.843. The van der Waals surface area contributed by atoms with Crippen molar-refractivity contribution in [2.45, 2.75) is 51.1 Å². The topological polar surface area (TPSA) is 54.5 Å². The van der Waals surface area contributed by atoms with Gasteiger partial charge in [0.15, 0.2) is 0 Å². The number of likely N-dealkylation sites (tertiary alicyclic amines) is 1. The lowest BCUT2D eigenvalue weighted by molar-refractivity contribution is -0.127. The Balaban J connectivity index is 1.54. The number of ether oxygens (including phenoxy) is 1. The lowest BCUT2D eigenvalue weighted by atomic mass is 9.98. The fourth-order valence-electron chi connectivity index (χ4n) is 3.40. The number of carbonyl (C=O) groups excluding carboxylic acids is 1. The molecule has 2 fully saturated rings. The van der Waals surface area contributed by atoms with Crippen LogP contribution in [0.5, 0.6) is 5.88 Å². The second-order valence-electron chi connectivity index (χ2n) is 7.16. The molecule has 0 bridgehead atoms. The molecule has 1 aliphatic carbocycles. The molecular weight excluding hydrogens is 290 g/mol. The zero-order valence-electron chi connectivity index (χ0n) is 14.3. The summed E-state index contributed by atoms with van der Waals surface area (Å²) < 4.78 is 5.86. The normalized spacial score (nSPS) is 24.2. The van der Waals surface area contributed by atoms with Gasteiger partial charge in [0, 0.05) is 17.8 Å². The van der Waals surface area contributed by atoms with Gasteiger partial charge in [-0.2, -0.15) is 0 Å². The molecule has 3 rings (SSSR count). The summed E-state index contributed by atoms with van der Waals surface area (Å²) in [5.41, 5.74) is 0.836. The van der Waals surface area contributed by atoms with E-state index in [1.165, 1.54) is 6.42 Å². The summed E-state index contributed by atoms with van der Waals surface area (Å²) in [7, 11) is 2.11. The van der Waals surface area contributed by atoms with E-state index in [1.54, 1.807) is 6.20 Å². The number of aryl methyl sites for hydroxylation is 1. The first-order chi connectivity index (χ1) is 11.0. The number of hydrogen-bond acceptors (Lipinski definition) is 4. The predicted octanol–water partition coefficient (Wildman–Crippen LogP) is 2.15. The molecule has 2 aliphatic rings. The zero-order valence-corrected chi connectivity index (χ0v) is 14.3. The molecule has 1 aliphatic heterocycles. The predicted molar refractivity (Wildman–Crippen MR) is 89.4 cm³/mol. The van der Waals surface area contributed by atoms with Crippen molar-refractivity contribution in [3.05, 3.63) is 23.9 Å². The molecule has 1 saturated carbocycles. The summed E-state index contributed by atoms with van der Waals surface area (Å²) in [6.45, 7) is 5.62. The van der Waals surface area contributed by atoms with E-state index in [1.807, 2.05) is 26.0 Å². The second kappa shape index (κ2) is 6.48. The van der Waals surface area contributed by atoms with Gasteiger partial charge in [0.2, 0.25) is 11.8 Å². The lowest BCUT2D eigenvalue weighted by Gasteiger charge is -2.27. The summed E-state index contributed by atoms with van der Waals surface area (Å²) in [5, 5.41) is 3.24. The van der Waals surface area contributed by atoms with E-state index in [2.05, 4.69) is 22.2 Å². The summed E-state index contributed by atoms with van der Waals surface area (Å²) in [6, 6.07) is 4.25. The Labute approximate surface area is 138 Å². The first kappa shape index (κ1) is 16.2. The Morgan fingerprint density at radius 2 is 2.35 bits per heavy atom. The highest BCUT2D eigenvalue weighted by molar-refractivity contribution is 5.80. The maximum Gasteiger partial charge on any atom is 0.224 e. The van der Waals surface area contributed by atoms with Gasteiger partial charge in [-0.3, -0.25) is 4.79 Å². The van der Waals surface area contributed by atoms with Gasteiger partial charge in [0.1, 0.15) is 6.61 Å². The van der Waals surface area contributed by atoms with Crippen molar-refractivity contribution in [3.63, 3.8) is 0 Å². The van der Waals surface area contributed by atoms with Crippen LogP contribution in [0.15, 0.2) is 18.3 Å². The molecule has 0 aromatic carbocycles. The third kappa shape index (κ3) is 3.66. The molecule has 0 unspecified atom stereocenters. The van der Waals surface area contributed by atoms with Gasteiger partial charge in [-0.05, 0) is 52.3 Å². The minimum Gasteiger partial charge on any atom is -0.475 e. The van der Waals surface area contributed by atoms with E-state index in [0.717, 1.165) is 31.4 Å². The molecule has 1 aromatic rings. The van der Waals surface area contributed by atoms with Crippen LogP contribution in [0.1, 0.15) is 38.2 Å². The highest BCUT2D eigenvalue weighted by Crippen LogP contribution is 2.37. The van der Waals surface area contributed by atoms with E-state index in [9.17, 15) is 4.79 Å². The Hall–Kier alpha value is -1.62. The Morgan fingerprint density at radius 1 is 1.57 bits per heavy atom. The van der Waals surface area contributed by atoms with Gasteiger partial charge in [0.25, 0.3) is 0 Å². The SMILES string of the molecule is Cc1cccnc1OCC1(NC(=O)[C@H](C)[C@@H]2CCCN2C)CC1. The van der Waals surface area contributed by atoms with Crippen LogP contribution in [0.4, 0.5) is 0 Å². The van der Waals surface area contributed by atoms with Gasteiger partial charge in [-0.15, -0.1) is 0 Å². The molecule has 5 nitrogen and oxygen atoms in total. The van der Waals surface area contributed by atoms with E-state index < -0.39 is 0 Å². The summed E-state index contributed by atoms with van der Waals surface area (Å²) in [6.07, 6.45) is 6.00. The third-order valence-electron chi connectivity index (χ3n) is 5.26. The van der Waals surface area contributed by atoms with Gasteiger partial charge in [-0.1, -0.05) is 13.0 Å². The molecule has 0 radical (unpaired) electrons. The smallest absolute Gasteiger partial charge is 0.224 e. The van der Waals surface area contributed by atoms with Crippen LogP contribution in [0.3, 0.4) is 0 Å². The second-order valence-corrected chi connectivity index (χ2v) is 7.16. The summed E-state index contributed by atoms with van der Waals surface area (Å²) in [4.78, 5) is 19.2. The first-order valence-corrected chi connectivity index (χ1v) is 8.57. The highest BCUT2D eigenvalue weighted by atomic mass is 16.5. The van der Waals surface area contributed by atoms with Crippen molar-refractivity contribution in [2.75, 3.05) is 20.2 Å². The molecule has 126 valence electrons. The van der Waals surface area contributed by atoms with Gasteiger partial charge in [0.05, 0.1) is 11.5 Å². The maximum absolute atomic E-state index is 12.6. The number of rotatable bonds is 6. The molecule has 2 atom stereocenters. The van der Waals surface area contributed by atoms with Crippen molar-refractivity contribution in [1.29, 1.82) is 0 Å². The molecule has 1 aromatic heterocycles. The minimum atomic E-state index is -0.188. The van der Waals surface area contributed by atoms with Crippen molar-refractivity contribution < 1.29 is 9.53 Å². The zero-order chi connectivity index (χ0) is 16.4. The standard InChI is InChI=1S/C18H27N3O2/c1-13-6-4-10-19-17(13)23-12-18(8-9-18)20-16(22)14(2)15-7-5-11-21(15)3/h4,6,10,14-15H,5,7-9,11-12H2,1-3H3,(H,20,22)/t14-,15+/m1/s1.